The normalized spacial score (nSPS) is 40.2. The second kappa shape index (κ2) is 2.88. The fraction of sp³-hybridized carbons (Fsp3) is 1.00. The molecule has 2 unspecified atom stereocenters. The summed E-state index contributed by atoms with van der Waals surface area (Å²) in [5.41, 5.74) is 0.206. The van der Waals surface area contributed by atoms with Crippen molar-refractivity contribution < 1.29 is 4.74 Å². The van der Waals surface area contributed by atoms with Crippen molar-refractivity contribution in [2.24, 2.45) is 5.41 Å². The minimum atomic E-state index is 0.206. The molecule has 0 aliphatic heterocycles. The molecule has 0 saturated heterocycles. The van der Waals surface area contributed by atoms with Gasteiger partial charge in [-0.2, -0.15) is 0 Å². The molecular formula is C10H17ClO. The van der Waals surface area contributed by atoms with Crippen molar-refractivity contribution in [3.05, 3.63) is 0 Å². The molecule has 0 aromatic heterocycles. The van der Waals surface area contributed by atoms with E-state index < -0.39 is 0 Å². The molecule has 0 heterocycles. The molecule has 2 aliphatic rings. The van der Waals surface area contributed by atoms with Crippen LogP contribution in [-0.4, -0.2) is 17.6 Å². The van der Waals surface area contributed by atoms with Gasteiger partial charge in [-0.1, -0.05) is 13.8 Å². The molecule has 0 aromatic rings. The van der Waals surface area contributed by atoms with Gasteiger partial charge in [0.1, 0.15) is 0 Å². The Morgan fingerprint density at radius 1 is 1.33 bits per heavy atom. The molecule has 2 aliphatic carbocycles. The first-order valence-corrected chi connectivity index (χ1v) is 5.34. The first kappa shape index (κ1) is 8.83. The van der Waals surface area contributed by atoms with Crippen molar-refractivity contribution in [1.82, 2.24) is 0 Å². The molecule has 2 fully saturated rings. The van der Waals surface area contributed by atoms with Gasteiger partial charge in [-0.3, -0.25) is 0 Å². The summed E-state index contributed by atoms with van der Waals surface area (Å²) in [6.45, 7) is 4.41. The highest BCUT2D eigenvalue weighted by molar-refractivity contribution is 6.21. The Morgan fingerprint density at radius 3 is 2.33 bits per heavy atom. The van der Waals surface area contributed by atoms with Gasteiger partial charge in [0.25, 0.3) is 0 Å². The molecule has 2 saturated carbocycles. The Morgan fingerprint density at radius 2 is 2.00 bits per heavy atom. The minimum Gasteiger partial charge on any atom is -0.374 e. The van der Waals surface area contributed by atoms with E-state index in [1.807, 2.05) is 0 Å². The van der Waals surface area contributed by atoms with E-state index in [1.165, 1.54) is 19.3 Å². The molecule has 70 valence electrons. The average Bonchev–Trinajstić information content (AvgIpc) is 1.93. The van der Waals surface area contributed by atoms with Crippen LogP contribution in [0.3, 0.4) is 0 Å². The van der Waals surface area contributed by atoms with Crippen LogP contribution in [0.25, 0.3) is 0 Å². The standard InChI is InChI=1S/C10H17ClO/c1-10(2)8(11)6-9(10)12-7-4-3-5-7/h7-9H,3-6H2,1-2H3. The lowest BCUT2D eigenvalue weighted by atomic mass is 9.68. The number of ether oxygens (including phenoxy) is 1. The molecule has 12 heavy (non-hydrogen) atoms. The predicted molar refractivity (Wildman–Crippen MR) is 50.6 cm³/mol. The topological polar surface area (TPSA) is 9.23 Å². The van der Waals surface area contributed by atoms with Crippen LogP contribution >= 0.6 is 11.6 Å². The smallest absolute Gasteiger partial charge is 0.0658 e. The second-order valence-electron chi connectivity index (χ2n) is 4.70. The van der Waals surface area contributed by atoms with Crippen LogP contribution in [0.15, 0.2) is 0 Å². The number of hydrogen-bond donors (Lipinski definition) is 0. The Hall–Kier alpha value is 0.250. The van der Waals surface area contributed by atoms with Gasteiger partial charge in [-0.15, -0.1) is 11.6 Å². The number of rotatable bonds is 2. The molecule has 2 rings (SSSR count). The van der Waals surface area contributed by atoms with Crippen molar-refractivity contribution in [3.8, 4) is 0 Å². The monoisotopic (exact) mass is 188 g/mol. The summed E-state index contributed by atoms with van der Waals surface area (Å²) < 4.78 is 5.92. The van der Waals surface area contributed by atoms with E-state index in [0.29, 0.717) is 17.6 Å². The summed E-state index contributed by atoms with van der Waals surface area (Å²) >= 11 is 6.10. The average molecular weight is 189 g/mol. The van der Waals surface area contributed by atoms with E-state index in [-0.39, 0.29) is 5.41 Å². The van der Waals surface area contributed by atoms with Crippen LogP contribution in [0.4, 0.5) is 0 Å². The summed E-state index contributed by atoms with van der Waals surface area (Å²) in [7, 11) is 0. The third-order valence-corrected chi connectivity index (χ3v) is 4.21. The molecule has 0 spiro atoms. The van der Waals surface area contributed by atoms with Gasteiger partial charge in [0.15, 0.2) is 0 Å². The Labute approximate surface area is 79.4 Å². The summed E-state index contributed by atoms with van der Waals surface area (Å²) in [6, 6.07) is 0. The van der Waals surface area contributed by atoms with Gasteiger partial charge in [0.05, 0.1) is 12.2 Å². The zero-order chi connectivity index (χ0) is 8.77. The Kier molecular flexibility index (Phi) is 2.12. The van der Waals surface area contributed by atoms with E-state index in [4.69, 9.17) is 16.3 Å². The van der Waals surface area contributed by atoms with E-state index in [1.54, 1.807) is 0 Å². The summed E-state index contributed by atoms with van der Waals surface area (Å²) in [5, 5.41) is 0.322. The summed E-state index contributed by atoms with van der Waals surface area (Å²) in [5.74, 6) is 0. The maximum Gasteiger partial charge on any atom is 0.0658 e. The molecule has 0 radical (unpaired) electrons. The van der Waals surface area contributed by atoms with Gasteiger partial charge < -0.3 is 4.74 Å². The summed E-state index contributed by atoms with van der Waals surface area (Å²) in [6.07, 6.45) is 5.90. The molecule has 0 amide bonds. The number of halogens is 1. The maximum absolute atomic E-state index is 6.10. The number of hydrogen-bond acceptors (Lipinski definition) is 1. The molecule has 1 nitrogen and oxygen atoms in total. The van der Waals surface area contributed by atoms with Crippen LogP contribution < -0.4 is 0 Å². The quantitative estimate of drug-likeness (QED) is 0.606. The molecule has 2 heteroatoms. The minimum absolute atomic E-state index is 0.206. The first-order valence-electron chi connectivity index (χ1n) is 4.90. The van der Waals surface area contributed by atoms with Gasteiger partial charge in [-0.25, -0.2) is 0 Å². The van der Waals surface area contributed by atoms with Crippen LogP contribution in [0, 0.1) is 5.41 Å². The fourth-order valence-corrected chi connectivity index (χ4v) is 2.11. The van der Waals surface area contributed by atoms with Gasteiger partial charge >= 0.3 is 0 Å². The van der Waals surface area contributed by atoms with Crippen molar-refractivity contribution in [2.45, 2.75) is 57.1 Å². The SMILES string of the molecule is CC1(C)C(Cl)CC1OC1CCC1. The van der Waals surface area contributed by atoms with Crippen molar-refractivity contribution in [1.29, 1.82) is 0 Å². The van der Waals surface area contributed by atoms with Crippen molar-refractivity contribution in [2.75, 3.05) is 0 Å². The van der Waals surface area contributed by atoms with E-state index in [2.05, 4.69) is 13.8 Å². The fourth-order valence-electron chi connectivity index (χ4n) is 1.81. The Bertz CT molecular complexity index is 175. The van der Waals surface area contributed by atoms with Gasteiger partial charge in [-0.05, 0) is 25.7 Å². The third-order valence-electron chi connectivity index (χ3n) is 3.47. The van der Waals surface area contributed by atoms with E-state index in [9.17, 15) is 0 Å². The van der Waals surface area contributed by atoms with Crippen molar-refractivity contribution >= 4 is 11.6 Å². The molecule has 2 atom stereocenters. The zero-order valence-corrected chi connectivity index (χ0v) is 8.60. The van der Waals surface area contributed by atoms with Crippen LogP contribution in [0.2, 0.25) is 0 Å². The second-order valence-corrected chi connectivity index (χ2v) is 5.23. The van der Waals surface area contributed by atoms with E-state index in [0.717, 1.165) is 6.42 Å². The molecule has 0 N–H and O–H groups in total. The van der Waals surface area contributed by atoms with E-state index >= 15 is 0 Å². The lowest BCUT2D eigenvalue weighted by molar-refractivity contribution is -0.144. The van der Waals surface area contributed by atoms with Gasteiger partial charge in [0, 0.05) is 10.8 Å². The molecule has 0 bridgehead atoms. The highest BCUT2D eigenvalue weighted by Crippen LogP contribution is 2.47. The van der Waals surface area contributed by atoms with Gasteiger partial charge in [0.2, 0.25) is 0 Å². The summed E-state index contributed by atoms with van der Waals surface area (Å²) in [4.78, 5) is 0. The third kappa shape index (κ3) is 1.27. The highest BCUT2D eigenvalue weighted by atomic mass is 35.5. The molecule has 0 aromatic carbocycles. The van der Waals surface area contributed by atoms with Crippen LogP contribution in [0.5, 0.6) is 0 Å². The lowest BCUT2D eigenvalue weighted by Crippen LogP contribution is -2.53. The molecular weight excluding hydrogens is 172 g/mol. The highest BCUT2D eigenvalue weighted by Gasteiger charge is 2.49. The maximum atomic E-state index is 6.10. The largest absolute Gasteiger partial charge is 0.374 e. The lowest BCUT2D eigenvalue weighted by Gasteiger charge is -2.50. The zero-order valence-electron chi connectivity index (χ0n) is 7.85. The Balaban J connectivity index is 1.82. The van der Waals surface area contributed by atoms with Crippen LogP contribution in [0.1, 0.15) is 39.5 Å². The number of alkyl halides is 1. The van der Waals surface area contributed by atoms with Crippen LogP contribution in [-0.2, 0) is 4.74 Å². The first-order chi connectivity index (χ1) is 5.60. The van der Waals surface area contributed by atoms with Crippen molar-refractivity contribution in [3.63, 3.8) is 0 Å². The predicted octanol–water partition coefficient (Wildman–Crippen LogP) is 2.96.